The van der Waals surface area contributed by atoms with E-state index < -0.39 is 5.97 Å². The lowest BCUT2D eigenvalue weighted by Crippen LogP contribution is -2.23. The zero-order valence-corrected chi connectivity index (χ0v) is 10.6. The first-order chi connectivity index (χ1) is 9.15. The minimum absolute atomic E-state index is 0.0276. The Morgan fingerprint density at radius 1 is 1.47 bits per heavy atom. The van der Waals surface area contributed by atoms with E-state index in [1.165, 1.54) is 6.07 Å². The Morgan fingerprint density at radius 3 is 2.95 bits per heavy atom. The molecule has 1 fully saturated rings. The van der Waals surface area contributed by atoms with E-state index in [0.717, 1.165) is 25.9 Å². The molecule has 1 aliphatic rings. The third-order valence-corrected chi connectivity index (χ3v) is 3.27. The number of hydrogen-bond donors (Lipinski definition) is 3. The summed E-state index contributed by atoms with van der Waals surface area (Å²) in [7, 11) is 0. The van der Waals surface area contributed by atoms with E-state index in [4.69, 9.17) is 9.52 Å². The van der Waals surface area contributed by atoms with Crippen molar-refractivity contribution in [2.24, 2.45) is 5.92 Å². The predicted molar refractivity (Wildman–Crippen MR) is 67.7 cm³/mol. The molecule has 1 unspecified atom stereocenters. The Labute approximate surface area is 111 Å². The van der Waals surface area contributed by atoms with Gasteiger partial charge in [0.25, 0.3) is 0 Å². The van der Waals surface area contributed by atoms with Crippen LogP contribution in [0.1, 0.15) is 35.6 Å². The van der Waals surface area contributed by atoms with Gasteiger partial charge in [0.1, 0.15) is 5.76 Å². The molecule has 1 aliphatic heterocycles. The molecule has 0 radical (unpaired) electrons. The molecule has 0 bridgehead atoms. The summed E-state index contributed by atoms with van der Waals surface area (Å²) in [5.74, 6) is -0.200. The molecule has 0 aliphatic carbocycles. The van der Waals surface area contributed by atoms with E-state index >= 15 is 0 Å². The first kappa shape index (κ1) is 13.6. The Kier molecular flexibility index (Phi) is 4.57. The van der Waals surface area contributed by atoms with Gasteiger partial charge in [0, 0.05) is 6.42 Å². The molecular formula is C13H18N2O4. The van der Waals surface area contributed by atoms with Crippen molar-refractivity contribution >= 4 is 11.9 Å². The van der Waals surface area contributed by atoms with Crippen molar-refractivity contribution < 1.29 is 19.1 Å². The molecule has 3 N–H and O–H groups in total. The van der Waals surface area contributed by atoms with Gasteiger partial charge in [-0.3, -0.25) is 4.79 Å². The highest BCUT2D eigenvalue weighted by Crippen LogP contribution is 2.14. The second-order valence-corrected chi connectivity index (χ2v) is 4.75. The first-order valence-electron chi connectivity index (χ1n) is 6.44. The molecule has 1 saturated heterocycles. The second kappa shape index (κ2) is 6.38. The van der Waals surface area contributed by atoms with E-state index in [9.17, 15) is 9.59 Å². The van der Waals surface area contributed by atoms with Gasteiger partial charge in [-0.05, 0) is 44.0 Å². The van der Waals surface area contributed by atoms with E-state index in [0.29, 0.717) is 18.1 Å². The lowest BCUT2D eigenvalue weighted by Gasteiger charge is -2.07. The van der Waals surface area contributed by atoms with Gasteiger partial charge in [-0.1, -0.05) is 0 Å². The van der Waals surface area contributed by atoms with Crippen LogP contribution in [0, 0.1) is 5.92 Å². The van der Waals surface area contributed by atoms with Crippen LogP contribution in [0.2, 0.25) is 0 Å². The highest BCUT2D eigenvalue weighted by Gasteiger charge is 2.16. The lowest BCUT2D eigenvalue weighted by molar-refractivity contribution is -0.121. The van der Waals surface area contributed by atoms with Crippen molar-refractivity contribution in [2.45, 2.75) is 25.8 Å². The molecule has 1 atom stereocenters. The van der Waals surface area contributed by atoms with Crippen molar-refractivity contribution in [3.8, 4) is 0 Å². The first-order valence-corrected chi connectivity index (χ1v) is 6.44. The van der Waals surface area contributed by atoms with Gasteiger partial charge in [0.15, 0.2) is 0 Å². The molecule has 0 spiro atoms. The Morgan fingerprint density at radius 2 is 2.32 bits per heavy atom. The van der Waals surface area contributed by atoms with Crippen molar-refractivity contribution in [3.05, 3.63) is 23.7 Å². The van der Waals surface area contributed by atoms with E-state index in [1.54, 1.807) is 6.07 Å². The fourth-order valence-electron chi connectivity index (χ4n) is 2.16. The summed E-state index contributed by atoms with van der Waals surface area (Å²) in [5.41, 5.74) is 0. The highest BCUT2D eigenvalue weighted by molar-refractivity contribution is 5.84. The number of furan rings is 1. The molecule has 6 nitrogen and oxygen atoms in total. The summed E-state index contributed by atoms with van der Waals surface area (Å²) < 4.78 is 5.05. The largest absolute Gasteiger partial charge is 0.475 e. The molecule has 1 aromatic heterocycles. The SMILES string of the molecule is O=C(CCC1CCNC1)NCc1ccc(C(=O)O)o1. The van der Waals surface area contributed by atoms with Crippen molar-refractivity contribution in [3.63, 3.8) is 0 Å². The maximum atomic E-state index is 11.6. The molecular weight excluding hydrogens is 248 g/mol. The molecule has 6 heteroatoms. The molecule has 2 rings (SSSR count). The minimum Gasteiger partial charge on any atom is -0.475 e. The van der Waals surface area contributed by atoms with E-state index in [2.05, 4.69) is 10.6 Å². The topological polar surface area (TPSA) is 91.6 Å². The summed E-state index contributed by atoms with van der Waals surface area (Å²) >= 11 is 0. The van der Waals surface area contributed by atoms with Crippen molar-refractivity contribution in [1.29, 1.82) is 0 Å². The zero-order chi connectivity index (χ0) is 13.7. The molecule has 19 heavy (non-hydrogen) atoms. The standard InChI is InChI=1S/C13H18N2O4/c16-12(4-1-9-5-6-14-7-9)15-8-10-2-3-11(19-10)13(17)18/h2-3,9,14H,1,4-8H2,(H,15,16)(H,17,18). The minimum atomic E-state index is -1.11. The molecule has 0 saturated carbocycles. The third kappa shape index (κ3) is 4.10. The van der Waals surface area contributed by atoms with Gasteiger partial charge in [0.2, 0.25) is 11.7 Å². The number of hydrogen-bond acceptors (Lipinski definition) is 4. The number of carbonyl (C=O) groups is 2. The highest BCUT2D eigenvalue weighted by atomic mass is 16.4. The fraction of sp³-hybridized carbons (Fsp3) is 0.538. The molecule has 1 aromatic rings. The number of carboxylic acids is 1. The Balaban J connectivity index is 1.68. The number of carbonyl (C=O) groups excluding carboxylic acids is 1. The number of nitrogens with one attached hydrogen (secondary N) is 2. The maximum absolute atomic E-state index is 11.6. The summed E-state index contributed by atoms with van der Waals surface area (Å²) in [6, 6.07) is 2.94. The number of carboxylic acid groups (broad SMARTS) is 1. The molecule has 104 valence electrons. The van der Waals surface area contributed by atoms with Gasteiger partial charge < -0.3 is 20.2 Å². The quantitative estimate of drug-likeness (QED) is 0.714. The van der Waals surface area contributed by atoms with Gasteiger partial charge in [-0.2, -0.15) is 0 Å². The number of rotatable bonds is 6. The number of amides is 1. The van der Waals surface area contributed by atoms with E-state index in [1.807, 2.05) is 0 Å². The zero-order valence-electron chi connectivity index (χ0n) is 10.6. The normalized spacial score (nSPS) is 18.4. The monoisotopic (exact) mass is 266 g/mol. The maximum Gasteiger partial charge on any atom is 0.371 e. The van der Waals surface area contributed by atoms with Gasteiger partial charge in [-0.15, -0.1) is 0 Å². The average Bonchev–Trinajstić information content (AvgIpc) is 3.05. The smallest absolute Gasteiger partial charge is 0.371 e. The number of aromatic carboxylic acids is 1. The third-order valence-electron chi connectivity index (χ3n) is 3.27. The van der Waals surface area contributed by atoms with Crippen LogP contribution >= 0.6 is 0 Å². The van der Waals surface area contributed by atoms with Crippen LogP contribution in [-0.2, 0) is 11.3 Å². The molecule has 2 heterocycles. The van der Waals surface area contributed by atoms with Crippen molar-refractivity contribution in [1.82, 2.24) is 10.6 Å². The summed E-state index contributed by atoms with van der Waals surface area (Å²) in [6.45, 7) is 2.26. The van der Waals surface area contributed by atoms with E-state index in [-0.39, 0.29) is 18.2 Å². The Hall–Kier alpha value is -1.82. The predicted octanol–water partition coefficient (Wildman–Crippen LogP) is 0.984. The lowest BCUT2D eigenvalue weighted by atomic mass is 10.0. The van der Waals surface area contributed by atoms with Crippen molar-refractivity contribution in [2.75, 3.05) is 13.1 Å². The molecule has 0 aromatic carbocycles. The van der Waals surface area contributed by atoms with Crippen LogP contribution in [0.3, 0.4) is 0 Å². The molecule has 1 amide bonds. The average molecular weight is 266 g/mol. The summed E-state index contributed by atoms with van der Waals surface area (Å²) in [5, 5.41) is 14.7. The van der Waals surface area contributed by atoms with Gasteiger partial charge in [0.05, 0.1) is 6.54 Å². The van der Waals surface area contributed by atoms with Gasteiger partial charge in [-0.25, -0.2) is 4.79 Å². The summed E-state index contributed by atoms with van der Waals surface area (Å²) in [6.07, 6.45) is 2.52. The van der Waals surface area contributed by atoms with Crippen LogP contribution in [-0.4, -0.2) is 30.1 Å². The second-order valence-electron chi connectivity index (χ2n) is 4.75. The van der Waals surface area contributed by atoms with Crippen LogP contribution in [0.15, 0.2) is 16.5 Å². The Bertz CT molecular complexity index is 449. The van der Waals surface area contributed by atoms with Crippen LogP contribution in [0.5, 0.6) is 0 Å². The van der Waals surface area contributed by atoms with Gasteiger partial charge >= 0.3 is 5.97 Å². The summed E-state index contributed by atoms with van der Waals surface area (Å²) in [4.78, 5) is 22.2. The van der Waals surface area contributed by atoms with Crippen LogP contribution in [0.4, 0.5) is 0 Å². The van der Waals surface area contributed by atoms with Crippen LogP contribution in [0.25, 0.3) is 0 Å². The fourth-order valence-corrected chi connectivity index (χ4v) is 2.16. The van der Waals surface area contributed by atoms with Crippen LogP contribution < -0.4 is 10.6 Å².